The molecule has 2 amide bonds. The molecule has 1 unspecified atom stereocenters. The first-order chi connectivity index (χ1) is 8.63. The van der Waals surface area contributed by atoms with Crippen LogP contribution >= 0.6 is 23.4 Å². The van der Waals surface area contributed by atoms with Gasteiger partial charge in [-0.15, -0.1) is 11.6 Å². The summed E-state index contributed by atoms with van der Waals surface area (Å²) in [5, 5.41) is 2.29. The number of anilines is 1. The predicted octanol–water partition coefficient (Wildman–Crippen LogP) is 2.67. The summed E-state index contributed by atoms with van der Waals surface area (Å²) in [6.45, 7) is 2.21. The third-order valence-electron chi connectivity index (χ3n) is 2.67. The van der Waals surface area contributed by atoms with Crippen molar-refractivity contribution < 1.29 is 9.59 Å². The van der Waals surface area contributed by atoms with Gasteiger partial charge in [-0.2, -0.15) is 0 Å². The minimum atomic E-state index is -0.554. The first-order valence-electron chi connectivity index (χ1n) is 5.53. The number of hydrogen-bond acceptors (Lipinski definition) is 4. The van der Waals surface area contributed by atoms with Gasteiger partial charge in [0.05, 0.1) is 0 Å². The first kappa shape index (κ1) is 13.2. The number of nitrogens with one attached hydrogen (secondary N) is 1. The van der Waals surface area contributed by atoms with E-state index in [2.05, 4.69) is 5.32 Å². The van der Waals surface area contributed by atoms with Gasteiger partial charge in [0, 0.05) is 18.1 Å². The Morgan fingerprint density at radius 2 is 2.11 bits per heavy atom. The maximum absolute atomic E-state index is 12.0. The van der Waals surface area contributed by atoms with Crippen molar-refractivity contribution in [2.24, 2.45) is 0 Å². The second kappa shape index (κ2) is 5.63. The van der Waals surface area contributed by atoms with Crippen LogP contribution in [-0.2, 0) is 4.79 Å². The number of aryl methyl sites for hydroxylation is 1. The number of rotatable bonds is 4. The van der Waals surface area contributed by atoms with Crippen molar-refractivity contribution in [3.63, 3.8) is 0 Å². The third kappa shape index (κ3) is 2.62. The summed E-state index contributed by atoms with van der Waals surface area (Å²) in [6, 6.07) is 7.65. The van der Waals surface area contributed by atoms with E-state index in [1.165, 1.54) is 4.90 Å². The number of halogens is 1. The zero-order valence-electron chi connectivity index (χ0n) is 9.85. The third-order valence-corrected chi connectivity index (χ3v) is 3.82. The molecule has 0 aromatic heterocycles. The van der Waals surface area contributed by atoms with E-state index in [0.717, 1.165) is 23.0 Å². The number of imide groups is 1. The van der Waals surface area contributed by atoms with Crippen molar-refractivity contribution in [1.82, 2.24) is 4.90 Å². The minimum absolute atomic E-state index is 0.228. The van der Waals surface area contributed by atoms with E-state index >= 15 is 0 Å². The maximum atomic E-state index is 12.0. The highest BCUT2D eigenvalue weighted by Gasteiger charge is 2.39. The molecule has 1 aromatic rings. The fourth-order valence-corrected chi connectivity index (χ4v) is 2.79. The molecule has 1 aliphatic rings. The molecule has 0 bridgehead atoms. The molecule has 2 rings (SSSR count). The number of para-hydroxylation sites is 1. The van der Waals surface area contributed by atoms with Crippen molar-refractivity contribution >= 4 is 40.2 Å². The number of carbonyl (C=O) groups excluding carboxylic acids is 2. The van der Waals surface area contributed by atoms with Crippen LogP contribution in [0.4, 0.5) is 10.5 Å². The van der Waals surface area contributed by atoms with Gasteiger partial charge in [0.25, 0.3) is 11.1 Å². The lowest BCUT2D eigenvalue weighted by Crippen LogP contribution is -2.35. The molecule has 6 heteroatoms. The zero-order valence-corrected chi connectivity index (χ0v) is 11.4. The molecular weight excluding hydrogens is 272 g/mol. The second-order valence-electron chi connectivity index (χ2n) is 3.90. The molecule has 0 saturated carbocycles. The van der Waals surface area contributed by atoms with E-state index in [0.29, 0.717) is 0 Å². The standard InChI is InChI=1S/C12H13ClN2O2S/c1-8-4-2-3-5-9(8)14-10-11(16)15(7-6-13)12(17)18-10/h2-5,10,14H,6-7H2,1H3. The van der Waals surface area contributed by atoms with E-state index in [9.17, 15) is 9.59 Å². The van der Waals surface area contributed by atoms with E-state index in [-0.39, 0.29) is 23.6 Å². The predicted molar refractivity (Wildman–Crippen MR) is 74.0 cm³/mol. The summed E-state index contributed by atoms with van der Waals surface area (Å²) in [7, 11) is 0. The minimum Gasteiger partial charge on any atom is -0.365 e. The van der Waals surface area contributed by atoms with Crippen LogP contribution in [-0.4, -0.2) is 33.8 Å². The van der Waals surface area contributed by atoms with Crippen LogP contribution in [0.15, 0.2) is 24.3 Å². The van der Waals surface area contributed by atoms with Crippen LogP contribution in [0.3, 0.4) is 0 Å². The van der Waals surface area contributed by atoms with Gasteiger partial charge in [-0.3, -0.25) is 14.5 Å². The number of amides is 2. The Morgan fingerprint density at radius 1 is 1.39 bits per heavy atom. The Labute approximate surface area is 115 Å². The highest BCUT2D eigenvalue weighted by atomic mass is 35.5. The maximum Gasteiger partial charge on any atom is 0.290 e. The normalized spacial score (nSPS) is 19.4. The molecule has 0 aliphatic carbocycles. The smallest absolute Gasteiger partial charge is 0.290 e. The summed E-state index contributed by atoms with van der Waals surface area (Å²) in [5.74, 6) is 0.0312. The SMILES string of the molecule is Cc1ccccc1NC1SC(=O)N(CCCl)C1=O. The van der Waals surface area contributed by atoms with Gasteiger partial charge in [0.2, 0.25) is 0 Å². The molecule has 1 saturated heterocycles. The zero-order chi connectivity index (χ0) is 13.1. The molecule has 1 fully saturated rings. The van der Waals surface area contributed by atoms with E-state index < -0.39 is 5.37 Å². The lowest BCUT2D eigenvalue weighted by atomic mass is 10.2. The van der Waals surface area contributed by atoms with Crippen LogP contribution < -0.4 is 5.32 Å². The first-order valence-corrected chi connectivity index (χ1v) is 6.95. The van der Waals surface area contributed by atoms with Gasteiger partial charge in [-0.05, 0) is 30.3 Å². The van der Waals surface area contributed by atoms with Crippen LogP contribution in [0.25, 0.3) is 0 Å². The Balaban J connectivity index is 2.10. The molecule has 1 aliphatic heterocycles. The van der Waals surface area contributed by atoms with Gasteiger partial charge in [0.1, 0.15) is 0 Å². The number of benzene rings is 1. The van der Waals surface area contributed by atoms with Crippen LogP contribution in [0.1, 0.15) is 5.56 Å². The Bertz CT molecular complexity index is 481. The van der Waals surface area contributed by atoms with Crippen molar-refractivity contribution in [3.05, 3.63) is 29.8 Å². The number of hydrogen-bond donors (Lipinski definition) is 1. The Kier molecular flexibility index (Phi) is 4.14. The lowest BCUT2D eigenvalue weighted by Gasteiger charge is -2.14. The Hall–Kier alpha value is -1.20. The number of alkyl halides is 1. The van der Waals surface area contributed by atoms with Crippen molar-refractivity contribution in [2.75, 3.05) is 17.7 Å². The van der Waals surface area contributed by atoms with E-state index in [1.807, 2.05) is 31.2 Å². The molecule has 18 heavy (non-hydrogen) atoms. The van der Waals surface area contributed by atoms with Gasteiger partial charge >= 0.3 is 0 Å². The molecule has 0 spiro atoms. The Morgan fingerprint density at radius 3 is 2.78 bits per heavy atom. The van der Waals surface area contributed by atoms with Crippen LogP contribution in [0, 0.1) is 6.92 Å². The van der Waals surface area contributed by atoms with Gasteiger partial charge in [-0.1, -0.05) is 18.2 Å². The average Bonchev–Trinajstić information content (AvgIpc) is 2.60. The highest BCUT2D eigenvalue weighted by molar-refractivity contribution is 8.15. The molecule has 1 N–H and O–H groups in total. The summed E-state index contributed by atoms with van der Waals surface area (Å²) >= 11 is 6.56. The van der Waals surface area contributed by atoms with Crippen LogP contribution in [0.5, 0.6) is 0 Å². The molecule has 0 radical (unpaired) electrons. The number of thioether (sulfide) groups is 1. The summed E-state index contributed by atoms with van der Waals surface area (Å²) in [5.41, 5.74) is 1.90. The van der Waals surface area contributed by atoms with Crippen LogP contribution in [0.2, 0.25) is 0 Å². The fourth-order valence-electron chi connectivity index (χ4n) is 1.70. The molecule has 4 nitrogen and oxygen atoms in total. The molecule has 1 atom stereocenters. The second-order valence-corrected chi connectivity index (χ2v) is 5.34. The fraction of sp³-hybridized carbons (Fsp3) is 0.333. The number of carbonyl (C=O) groups is 2. The van der Waals surface area contributed by atoms with Crippen molar-refractivity contribution in [2.45, 2.75) is 12.3 Å². The molecule has 1 heterocycles. The monoisotopic (exact) mass is 284 g/mol. The molecule has 1 aromatic carbocycles. The number of nitrogens with zero attached hydrogens (tertiary/aromatic N) is 1. The quantitative estimate of drug-likeness (QED) is 0.864. The molecule has 96 valence electrons. The summed E-state index contributed by atoms with van der Waals surface area (Å²) in [4.78, 5) is 24.8. The topological polar surface area (TPSA) is 49.4 Å². The van der Waals surface area contributed by atoms with Gasteiger partial charge in [-0.25, -0.2) is 0 Å². The highest BCUT2D eigenvalue weighted by Crippen LogP contribution is 2.28. The summed E-state index contributed by atoms with van der Waals surface area (Å²) < 4.78 is 0. The van der Waals surface area contributed by atoms with E-state index in [4.69, 9.17) is 11.6 Å². The van der Waals surface area contributed by atoms with E-state index in [1.54, 1.807) is 0 Å². The van der Waals surface area contributed by atoms with Crippen molar-refractivity contribution in [3.8, 4) is 0 Å². The van der Waals surface area contributed by atoms with Gasteiger partial charge < -0.3 is 5.32 Å². The lowest BCUT2D eigenvalue weighted by molar-refractivity contribution is -0.126. The largest absolute Gasteiger partial charge is 0.365 e. The molecular formula is C12H13ClN2O2S. The average molecular weight is 285 g/mol. The van der Waals surface area contributed by atoms with Crippen molar-refractivity contribution in [1.29, 1.82) is 0 Å². The van der Waals surface area contributed by atoms with Gasteiger partial charge in [0.15, 0.2) is 5.37 Å². The summed E-state index contributed by atoms with van der Waals surface area (Å²) in [6.07, 6.45) is 0.